The van der Waals surface area contributed by atoms with Crippen LogP contribution < -0.4 is 0 Å². The highest BCUT2D eigenvalue weighted by Crippen LogP contribution is 2.54. The summed E-state index contributed by atoms with van der Waals surface area (Å²) in [5.74, 6) is 0.713. The predicted octanol–water partition coefficient (Wildman–Crippen LogP) is 15.1. The summed E-state index contributed by atoms with van der Waals surface area (Å²) in [6.07, 6.45) is 0. The van der Waals surface area contributed by atoms with Crippen molar-refractivity contribution in [2.24, 2.45) is 0 Å². The van der Waals surface area contributed by atoms with Crippen LogP contribution in [0.1, 0.15) is 48.6 Å². The number of nitrogens with zero attached hydrogens (tertiary/aromatic N) is 2. The molecule has 0 saturated carbocycles. The van der Waals surface area contributed by atoms with E-state index >= 15 is 0 Å². The largest absolute Gasteiger partial charge is 0.228 e. The fraction of sp³-hybridized carbons (Fsp3) is 0.0847. The van der Waals surface area contributed by atoms with Crippen LogP contribution in [-0.4, -0.2) is 9.97 Å². The Hall–Kier alpha value is -7.42. The van der Waals surface area contributed by atoms with Gasteiger partial charge in [0, 0.05) is 27.5 Å². The third-order valence-corrected chi connectivity index (χ3v) is 13.8. The van der Waals surface area contributed by atoms with Gasteiger partial charge in [0.15, 0.2) is 5.82 Å². The fourth-order valence-electron chi connectivity index (χ4n) is 10.6. The molecule has 10 aromatic rings. The molecule has 2 aliphatic carbocycles. The van der Waals surface area contributed by atoms with Crippen LogP contribution in [-0.2, 0) is 10.8 Å². The van der Waals surface area contributed by atoms with E-state index in [0.29, 0.717) is 5.82 Å². The van der Waals surface area contributed by atoms with Gasteiger partial charge in [-0.05, 0) is 114 Å². The van der Waals surface area contributed by atoms with Crippen LogP contribution in [0.5, 0.6) is 0 Å². The van der Waals surface area contributed by atoms with E-state index in [-0.39, 0.29) is 10.8 Å². The second kappa shape index (κ2) is 13.3. The minimum absolute atomic E-state index is 0.0824. The summed E-state index contributed by atoms with van der Waals surface area (Å²) in [7, 11) is 0. The Morgan fingerprint density at radius 3 is 1.74 bits per heavy atom. The summed E-state index contributed by atoms with van der Waals surface area (Å²) in [5, 5.41) is 4.90. The molecule has 0 amide bonds. The molecule has 61 heavy (non-hydrogen) atoms. The second-order valence-electron chi connectivity index (χ2n) is 17.4. The normalized spacial score (nSPS) is 15.7. The molecule has 0 spiro atoms. The van der Waals surface area contributed by atoms with Gasteiger partial charge in [-0.1, -0.05) is 190 Å². The highest BCUT2D eigenvalue weighted by molar-refractivity contribution is 6.07. The molecular weight excluding hydrogens is 737 g/mol. The van der Waals surface area contributed by atoms with E-state index in [4.69, 9.17) is 9.97 Å². The van der Waals surface area contributed by atoms with Gasteiger partial charge in [0.25, 0.3) is 0 Å². The Kier molecular flexibility index (Phi) is 7.74. The average Bonchev–Trinajstić information content (AvgIpc) is 3.72. The molecule has 288 valence electrons. The summed E-state index contributed by atoms with van der Waals surface area (Å²) in [4.78, 5) is 10.8. The summed E-state index contributed by atoms with van der Waals surface area (Å²) >= 11 is 0. The minimum atomic E-state index is -0.310. The maximum absolute atomic E-state index is 5.45. The van der Waals surface area contributed by atoms with Gasteiger partial charge in [-0.2, -0.15) is 0 Å². The van der Waals surface area contributed by atoms with E-state index in [1.807, 2.05) is 0 Å². The van der Waals surface area contributed by atoms with Crippen molar-refractivity contribution in [1.82, 2.24) is 9.97 Å². The monoisotopic (exact) mass is 778 g/mol. The first-order chi connectivity index (χ1) is 29.9. The summed E-state index contributed by atoms with van der Waals surface area (Å²) < 4.78 is 0. The van der Waals surface area contributed by atoms with Crippen LogP contribution in [0.15, 0.2) is 200 Å². The SMILES string of the molecule is CC1(C)c2ccc(-c3ccc(-c4nc(-c5ccccc5)cc(-c5ccc6c(c5)C(C)(c5ccccc5)c5ccccc5-6)n4)c4ccccc34)cc2-c2c1ccc1ccccc21. The maximum Gasteiger partial charge on any atom is 0.161 e. The molecule has 2 nitrogen and oxygen atoms in total. The lowest BCUT2D eigenvalue weighted by Gasteiger charge is -2.28. The van der Waals surface area contributed by atoms with Gasteiger partial charge in [0.2, 0.25) is 0 Å². The molecule has 0 N–H and O–H groups in total. The van der Waals surface area contributed by atoms with Crippen molar-refractivity contribution in [3.8, 4) is 67.3 Å². The molecule has 0 saturated heterocycles. The van der Waals surface area contributed by atoms with Crippen molar-refractivity contribution >= 4 is 21.5 Å². The van der Waals surface area contributed by atoms with Gasteiger partial charge >= 0.3 is 0 Å². The molecule has 0 fully saturated rings. The van der Waals surface area contributed by atoms with Gasteiger partial charge < -0.3 is 0 Å². The van der Waals surface area contributed by atoms with Gasteiger partial charge in [0.05, 0.1) is 11.4 Å². The van der Waals surface area contributed by atoms with E-state index in [1.165, 1.54) is 77.4 Å². The molecule has 2 aliphatic rings. The van der Waals surface area contributed by atoms with Crippen molar-refractivity contribution in [2.75, 3.05) is 0 Å². The predicted molar refractivity (Wildman–Crippen MR) is 254 cm³/mol. The molecule has 1 aromatic heterocycles. The van der Waals surface area contributed by atoms with Crippen molar-refractivity contribution in [2.45, 2.75) is 31.6 Å². The molecular formula is C59H42N2. The number of benzene rings is 9. The fourth-order valence-corrected chi connectivity index (χ4v) is 10.6. The number of fused-ring (bicyclic) bond motifs is 9. The summed E-state index contributed by atoms with van der Waals surface area (Å²) in [5.41, 5.74) is 18.9. The quantitative estimate of drug-likeness (QED) is 0.174. The summed E-state index contributed by atoms with van der Waals surface area (Å²) in [6, 6.07) is 73.1. The number of rotatable bonds is 5. The molecule has 2 heteroatoms. The van der Waals surface area contributed by atoms with Crippen LogP contribution >= 0.6 is 0 Å². The lowest BCUT2D eigenvalue weighted by Crippen LogP contribution is -2.22. The van der Waals surface area contributed by atoms with Crippen LogP contribution in [0.25, 0.3) is 88.8 Å². The second-order valence-corrected chi connectivity index (χ2v) is 17.4. The van der Waals surface area contributed by atoms with E-state index < -0.39 is 0 Å². The Balaban J connectivity index is 1.03. The lowest BCUT2D eigenvalue weighted by molar-refractivity contribution is 0.661. The topological polar surface area (TPSA) is 25.8 Å². The zero-order valence-electron chi connectivity index (χ0n) is 34.4. The highest BCUT2D eigenvalue weighted by Gasteiger charge is 2.41. The Morgan fingerprint density at radius 2 is 0.934 bits per heavy atom. The van der Waals surface area contributed by atoms with Crippen molar-refractivity contribution in [3.05, 3.63) is 228 Å². The standard InChI is InChI=1S/C59H42N2/c1-58(2)50-32-28-39(34-49(50)56-43-21-11-10-16-37(43)27-33-52(56)58)42-30-31-48(45-23-13-12-22-44(42)45)57-60-54(38-17-6-4-7-18-38)36-55(61-57)40-26-29-47-46-24-14-15-25-51(46)59(3,53(47)35-40)41-19-8-5-9-20-41/h4-36H,1-3H3. The molecule has 0 radical (unpaired) electrons. The molecule has 9 aromatic carbocycles. The first-order valence-corrected chi connectivity index (χ1v) is 21.3. The first-order valence-electron chi connectivity index (χ1n) is 21.3. The third kappa shape index (κ3) is 5.28. The zero-order chi connectivity index (χ0) is 40.9. The van der Waals surface area contributed by atoms with Crippen molar-refractivity contribution < 1.29 is 0 Å². The third-order valence-electron chi connectivity index (χ3n) is 13.8. The van der Waals surface area contributed by atoms with Gasteiger partial charge in [-0.15, -0.1) is 0 Å². The van der Waals surface area contributed by atoms with E-state index in [2.05, 4.69) is 221 Å². The van der Waals surface area contributed by atoms with Crippen LogP contribution in [0.2, 0.25) is 0 Å². The van der Waals surface area contributed by atoms with Crippen LogP contribution in [0.3, 0.4) is 0 Å². The number of hydrogen-bond acceptors (Lipinski definition) is 2. The van der Waals surface area contributed by atoms with Gasteiger partial charge in [0.1, 0.15) is 0 Å². The molecule has 0 aliphatic heterocycles. The Labute approximate surface area is 356 Å². The highest BCUT2D eigenvalue weighted by atomic mass is 14.9. The van der Waals surface area contributed by atoms with Crippen molar-refractivity contribution in [1.29, 1.82) is 0 Å². The molecule has 12 rings (SSSR count). The lowest BCUT2D eigenvalue weighted by atomic mass is 9.74. The molecule has 1 unspecified atom stereocenters. The molecule has 1 atom stereocenters. The Morgan fingerprint density at radius 1 is 0.344 bits per heavy atom. The van der Waals surface area contributed by atoms with Gasteiger partial charge in [-0.3, -0.25) is 0 Å². The average molecular weight is 779 g/mol. The number of hydrogen-bond donors (Lipinski definition) is 0. The van der Waals surface area contributed by atoms with E-state index in [0.717, 1.165) is 33.5 Å². The smallest absolute Gasteiger partial charge is 0.161 e. The number of aromatic nitrogens is 2. The van der Waals surface area contributed by atoms with Crippen molar-refractivity contribution in [3.63, 3.8) is 0 Å². The van der Waals surface area contributed by atoms with Gasteiger partial charge in [-0.25, -0.2) is 9.97 Å². The van der Waals surface area contributed by atoms with E-state index in [1.54, 1.807) is 0 Å². The maximum atomic E-state index is 5.45. The molecule has 0 bridgehead atoms. The zero-order valence-corrected chi connectivity index (χ0v) is 34.4. The van der Waals surface area contributed by atoms with Crippen LogP contribution in [0.4, 0.5) is 0 Å². The Bertz CT molecular complexity index is 3400. The molecule has 1 heterocycles. The van der Waals surface area contributed by atoms with Crippen LogP contribution in [0, 0.1) is 0 Å². The van der Waals surface area contributed by atoms with E-state index in [9.17, 15) is 0 Å². The first kappa shape index (κ1) is 35.5. The minimum Gasteiger partial charge on any atom is -0.228 e. The summed E-state index contributed by atoms with van der Waals surface area (Å²) in [6.45, 7) is 7.09.